The minimum atomic E-state index is 0.0263. The Labute approximate surface area is 111 Å². The molecule has 0 radical (unpaired) electrons. The molecular formula is C15H28N2O. The van der Waals surface area contributed by atoms with E-state index < -0.39 is 0 Å². The Hall–Kier alpha value is -0.570. The molecule has 104 valence electrons. The summed E-state index contributed by atoms with van der Waals surface area (Å²) < 4.78 is 0. The molecule has 3 heteroatoms. The van der Waals surface area contributed by atoms with Gasteiger partial charge in [0.2, 0.25) is 5.91 Å². The Morgan fingerprint density at radius 3 is 2.78 bits per heavy atom. The van der Waals surface area contributed by atoms with Crippen molar-refractivity contribution < 1.29 is 4.79 Å². The summed E-state index contributed by atoms with van der Waals surface area (Å²) in [6, 6.07) is 0.504. The molecule has 1 N–H and O–H groups in total. The van der Waals surface area contributed by atoms with Crippen LogP contribution in [0.15, 0.2) is 0 Å². The number of nitrogens with one attached hydrogen (secondary N) is 1. The number of rotatable bonds is 2. The summed E-state index contributed by atoms with van der Waals surface area (Å²) in [6.07, 6.45) is 7.09. The molecule has 2 heterocycles. The van der Waals surface area contributed by atoms with Gasteiger partial charge in [0.15, 0.2) is 0 Å². The van der Waals surface area contributed by atoms with Gasteiger partial charge in [-0.15, -0.1) is 0 Å². The van der Waals surface area contributed by atoms with Crippen LogP contribution in [0.1, 0.15) is 59.3 Å². The minimum absolute atomic E-state index is 0.0263. The number of nitrogens with zero attached hydrogens (tertiary/aromatic N) is 1. The molecule has 2 aliphatic rings. The summed E-state index contributed by atoms with van der Waals surface area (Å²) in [7, 11) is 0. The summed E-state index contributed by atoms with van der Waals surface area (Å²) in [5.41, 5.74) is 0.102. The van der Waals surface area contributed by atoms with E-state index in [2.05, 4.69) is 31.0 Å². The van der Waals surface area contributed by atoms with E-state index in [1.807, 2.05) is 0 Å². The molecule has 2 rings (SSSR count). The van der Waals surface area contributed by atoms with Crippen LogP contribution in [0.4, 0.5) is 0 Å². The lowest BCUT2D eigenvalue weighted by molar-refractivity contribution is -0.141. The molecule has 0 saturated carbocycles. The molecule has 18 heavy (non-hydrogen) atoms. The lowest BCUT2D eigenvalue weighted by atomic mass is 9.76. The molecule has 0 bridgehead atoms. The van der Waals surface area contributed by atoms with Gasteiger partial charge in [0, 0.05) is 12.6 Å². The number of carbonyl (C=O) groups excluding carboxylic acids is 1. The highest BCUT2D eigenvalue weighted by molar-refractivity contribution is 5.83. The Morgan fingerprint density at radius 2 is 2.11 bits per heavy atom. The number of hydrogen-bond donors (Lipinski definition) is 1. The third-order valence-corrected chi connectivity index (χ3v) is 4.76. The lowest BCUT2D eigenvalue weighted by Gasteiger charge is -2.44. The van der Waals surface area contributed by atoms with Gasteiger partial charge in [-0.1, -0.05) is 20.8 Å². The Kier molecular flexibility index (Phi) is 4.31. The molecule has 2 unspecified atom stereocenters. The highest BCUT2D eigenvalue weighted by Gasteiger charge is 2.40. The molecule has 0 aromatic carbocycles. The molecule has 0 spiro atoms. The molecule has 3 nitrogen and oxygen atoms in total. The maximum absolute atomic E-state index is 12.8. The normalized spacial score (nSPS) is 32.3. The Balaban J connectivity index is 2.09. The molecule has 2 aliphatic heterocycles. The average Bonchev–Trinajstić information content (AvgIpc) is 2.37. The first-order chi connectivity index (χ1) is 8.56. The van der Waals surface area contributed by atoms with Crippen molar-refractivity contribution in [2.75, 3.05) is 13.1 Å². The van der Waals surface area contributed by atoms with Gasteiger partial charge >= 0.3 is 0 Å². The van der Waals surface area contributed by atoms with Crippen molar-refractivity contribution in [2.24, 2.45) is 5.41 Å². The fraction of sp³-hybridized carbons (Fsp3) is 0.933. The maximum atomic E-state index is 12.8. The summed E-state index contributed by atoms with van der Waals surface area (Å²) in [4.78, 5) is 15.0. The second kappa shape index (κ2) is 5.60. The third kappa shape index (κ3) is 2.71. The van der Waals surface area contributed by atoms with Crippen molar-refractivity contribution in [2.45, 2.75) is 71.4 Å². The standard InChI is InChI=1S/C15H28N2O/c1-4-12-8-5-6-11-17(12)14(18)13-15(2,3)9-7-10-16-13/h12-13,16H,4-11H2,1-3H3. The molecular weight excluding hydrogens is 224 g/mol. The second-order valence-corrected chi connectivity index (χ2v) is 6.57. The zero-order chi connectivity index (χ0) is 13.2. The molecule has 2 saturated heterocycles. The average molecular weight is 252 g/mol. The Bertz CT molecular complexity index is 301. The summed E-state index contributed by atoms with van der Waals surface area (Å²) in [5.74, 6) is 0.353. The number of hydrogen-bond acceptors (Lipinski definition) is 2. The van der Waals surface area contributed by atoms with E-state index in [0.29, 0.717) is 11.9 Å². The van der Waals surface area contributed by atoms with E-state index in [1.165, 1.54) is 25.7 Å². The van der Waals surface area contributed by atoms with Gasteiger partial charge in [-0.25, -0.2) is 0 Å². The molecule has 0 aromatic heterocycles. The smallest absolute Gasteiger partial charge is 0.240 e. The maximum Gasteiger partial charge on any atom is 0.240 e. The fourth-order valence-corrected chi connectivity index (χ4v) is 3.51. The zero-order valence-corrected chi connectivity index (χ0v) is 12.2. The van der Waals surface area contributed by atoms with Crippen LogP contribution in [-0.2, 0) is 4.79 Å². The van der Waals surface area contributed by atoms with Crippen molar-refractivity contribution in [3.8, 4) is 0 Å². The number of amides is 1. The van der Waals surface area contributed by atoms with E-state index in [1.54, 1.807) is 0 Å². The molecule has 1 amide bonds. The van der Waals surface area contributed by atoms with Crippen LogP contribution in [0.5, 0.6) is 0 Å². The van der Waals surface area contributed by atoms with E-state index in [0.717, 1.165) is 25.9 Å². The van der Waals surface area contributed by atoms with E-state index in [-0.39, 0.29) is 11.5 Å². The predicted octanol–water partition coefficient (Wildman–Crippen LogP) is 2.56. The fourth-order valence-electron chi connectivity index (χ4n) is 3.51. The van der Waals surface area contributed by atoms with Gasteiger partial charge in [0.1, 0.15) is 0 Å². The predicted molar refractivity (Wildman–Crippen MR) is 74.4 cm³/mol. The van der Waals surface area contributed by atoms with Crippen LogP contribution in [0, 0.1) is 5.41 Å². The number of piperidine rings is 2. The highest BCUT2D eigenvalue weighted by Crippen LogP contribution is 2.32. The van der Waals surface area contributed by atoms with Crippen LogP contribution in [0.2, 0.25) is 0 Å². The lowest BCUT2D eigenvalue weighted by Crippen LogP contribution is -2.59. The van der Waals surface area contributed by atoms with Gasteiger partial charge in [0.25, 0.3) is 0 Å². The molecule has 0 aliphatic carbocycles. The quantitative estimate of drug-likeness (QED) is 0.819. The summed E-state index contributed by atoms with van der Waals surface area (Å²) in [5, 5.41) is 3.46. The minimum Gasteiger partial charge on any atom is -0.338 e. The van der Waals surface area contributed by atoms with Gasteiger partial charge in [0.05, 0.1) is 6.04 Å². The second-order valence-electron chi connectivity index (χ2n) is 6.57. The first-order valence-electron chi connectivity index (χ1n) is 7.60. The highest BCUT2D eigenvalue weighted by atomic mass is 16.2. The van der Waals surface area contributed by atoms with Crippen molar-refractivity contribution in [3.05, 3.63) is 0 Å². The summed E-state index contributed by atoms with van der Waals surface area (Å²) >= 11 is 0. The van der Waals surface area contributed by atoms with E-state index in [9.17, 15) is 4.79 Å². The zero-order valence-electron chi connectivity index (χ0n) is 12.2. The van der Waals surface area contributed by atoms with Crippen molar-refractivity contribution >= 4 is 5.91 Å². The van der Waals surface area contributed by atoms with Crippen molar-refractivity contribution in [3.63, 3.8) is 0 Å². The monoisotopic (exact) mass is 252 g/mol. The third-order valence-electron chi connectivity index (χ3n) is 4.76. The summed E-state index contributed by atoms with van der Waals surface area (Å²) in [6.45, 7) is 8.62. The van der Waals surface area contributed by atoms with Gasteiger partial charge in [-0.05, 0) is 50.5 Å². The van der Waals surface area contributed by atoms with Crippen LogP contribution in [0.25, 0.3) is 0 Å². The first-order valence-corrected chi connectivity index (χ1v) is 7.60. The van der Waals surface area contributed by atoms with Gasteiger partial charge in [-0.2, -0.15) is 0 Å². The number of carbonyl (C=O) groups is 1. The molecule has 2 atom stereocenters. The molecule has 0 aromatic rings. The van der Waals surface area contributed by atoms with Gasteiger partial charge in [-0.3, -0.25) is 4.79 Å². The van der Waals surface area contributed by atoms with Crippen LogP contribution >= 0.6 is 0 Å². The topological polar surface area (TPSA) is 32.3 Å². The SMILES string of the molecule is CCC1CCCCN1C(=O)C1NCCCC1(C)C. The largest absolute Gasteiger partial charge is 0.338 e. The van der Waals surface area contributed by atoms with Crippen molar-refractivity contribution in [1.82, 2.24) is 10.2 Å². The van der Waals surface area contributed by atoms with Crippen molar-refractivity contribution in [1.29, 1.82) is 0 Å². The van der Waals surface area contributed by atoms with Gasteiger partial charge < -0.3 is 10.2 Å². The first kappa shape index (κ1) is 13.9. The van der Waals surface area contributed by atoms with Crippen LogP contribution < -0.4 is 5.32 Å². The molecule has 2 fully saturated rings. The Morgan fingerprint density at radius 1 is 1.33 bits per heavy atom. The van der Waals surface area contributed by atoms with E-state index in [4.69, 9.17) is 0 Å². The van der Waals surface area contributed by atoms with Crippen LogP contribution in [0.3, 0.4) is 0 Å². The van der Waals surface area contributed by atoms with E-state index >= 15 is 0 Å². The van der Waals surface area contributed by atoms with Crippen LogP contribution in [-0.4, -0.2) is 36.0 Å². The number of likely N-dealkylation sites (tertiary alicyclic amines) is 1.